The maximum Gasteiger partial charge on any atom is 0.178 e. The Morgan fingerprint density at radius 1 is 0.926 bits per heavy atom. The van der Waals surface area contributed by atoms with Gasteiger partial charge >= 0.3 is 0 Å². The van der Waals surface area contributed by atoms with Crippen LogP contribution in [0.4, 0.5) is 0 Å². The molecule has 0 aromatic rings. The Hall–Kier alpha value is -0.280. The van der Waals surface area contributed by atoms with Crippen molar-refractivity contribution in [1.82, 2.24) is 0 Å². The third kappa shape index (κ3) is 1.20. The Balaban J connectivity index is 1.92. The SMILES string of the molecule is CC(C)[C@@]1(O)C[C@@]2(O)[C@]3(C)C[C@]4(O)O[C@H]([C@@]5(O)[C@@H](C)CC[C@]53O)[C@@]2(O)[C@]41C. The van der Waals surface area contributed by atoms with Crippen LogP contribution in [0.3, 0.4) is 0 Å². The van der Waals surface area contributed by atoms with Crippen molar-refractivity contribution in [2.45, 2.75) is 100 Å². The second-order valence-electron chi connectivity index (χ2n) is 10.9. The number of ether oxygens (including phenoxy) is 1. The molecule has 0 unspecified atom stereocenters. The van der Waals surface area contributed by atoms with E-state index in [0.717, 1.165) is 0 Å². The van der Waals surface area contributed by atoms with Crippen LogP contribution in [0.5, 0.6) is 0 Å². The molecule has 4 aliphatic carbocycles. The molecule has 27 heavy (non-hydrogen) atoms. The molecule has 0 radical (unpaired) electrons. The maximum absolute atomic E-state index is 12.1. The number of hydrogen-bond acceptors (Lipinski definition) is 7. The van der Waals surface area contributed by atoms with E-state index < -0.39 is 62.6 Å². The monoisotopic (exact) mass is 384 g/mol. The Labute approximate surface area is 159 Å². The molecule has 5 aliphatic rings. The zero-order valence-electron chi connectivity index (χ0n) is 16.7. The van der Waals surface area contributed by atoms with Gasteiger partial charge in [0.1, 0.15) is 28.5 Å². The highest BCUT2D eigenvalue weighted by atomic mass is 16.7. The van der Waals surface area contributed by atoms with Gasteiger partial charge in [-0.2, -0.15) is 0 Å². The normalized spacial score (nSPS) is 71.6. The fourth-order valence-corrected chi connectivity index (χ4v) is 8.54. The molecule has 0 amide bonds. The van der Waals surface area contributed by atoms with Gasteiger partial charge in [-0.1, -0.05) is 27.7 Å². The second-order valence-corrected chi connectivity index (χ2v) is 10.9. The summed E-state index contributed by atoms with van der Waals surface area (Å²) in [5, 5.41) is 71.2. The van der Waals surface area contributed by atoms with E-state index in [1.807, 2.05) is 0 Å². The molecule has 1 aliphatic heterocycles. The predicted molar refractivity (Wildman–Crippen MR) is 93.3 cm³/mol. The minimum Gasteiger partial charge on any atom is -0.389 e. The quantitative estimate of drug-likeness (QED) is 0.364. The van der Waals surface area contributed by atoms with E-state index >= 15 is 0 Å². The Bertz CT molecular complexity index is 759. The van der Waals surface area contributed by atoms with Gasteiger partial charge in [0, 0.05) is 18.3 Å². The summed E-state index contributed by atoms with van der Waals surface area (Å²) in [5.41, 5.74) is -12.4. The number of hydrogen-bond donors (Lipinski definition) is 6. The first kappa shape index (κ1) is 18.7. The first-order valence-corrected chi connectivity index (χ1v) is 10.1. The van der Waals surface area contributed by atoms with Crippen molar-refractivity contribution in [2.24, 2.45) is 22.7 Å². The largest absolute Gasteiger partial charge is 0.389 e. The standard InChI is InChI=1S/C20H32O7/c1-10(2)15(21)9-17(23)13(4)8-18(24)14(15,5)20(17,26)12(27-18)19(25)11(3)6-7-16(13,19)22/h10-12,21-26H,6-9H2,1-5H3/t11-,12+,13+,14-,15-,16+,17+,18-,19-,20+/m0/s1. The molecular formula is C20H32O7. The Morgan fingerprint density at radius 2 is 1.52 bits per heavy atom. The Morgan fingerprint density at radius 3 is 2.07 bits per heavy atom. The van der Waals surface area contributed by atoms with Crippen LogP contribution in [0.15, 0.2) is 0 Å². The Kier molecular flexibility index (Phi) is 2.86. The lowest BCUT2D eigenvalue weighted by Crippen LogP contribution is -2.88. The molecule has 7 nitrogen and oxygen atoms in total. The first-order valence-electron chi connectivity index (χ1n) is 10.1. The zero-order chi connectivity index (χ0) is 20.3. The highest BCUT2D eigenvalue weighted by Crippen LogP contribution is 2.85. The summed E-state index contributed by atoms with van der Waals surface area (Å²) in [7, 11) is 0. The highest BCUT2D eigenvalue weighted by Gasteiger charge is 3.01. The van der Waals surface area contributed by atoms with Crippen LogP contribution in [-0.2, 0) is 4.74 Å². The lowest BCUT2D eigenvalue weighted by molar-refractivity contribution is -0.382. The fraction of sp³-hybridized carbons (Fsp3) is 1.00. The zero-order valence-corrected chi connectivity index (χ0v) is 16.7. The summed E-state index contributed by atoms with van der Waals surface area (Å²) < 4.78 is 6.01. The fourth-order valence-electron chi connectivity index (χ4n) is 8.54. The average molecular weight is 384 g/mol. The van der Waals surface area contributed by atoms with Crippen LogP contribution >= 0.6 is 0 Å². The van der Waals surface area contributed by atoms with Gasteiger partial charge in [0.25, 0.3) is 0 Å². The average Bonchev–Trinajstić information content (AvgIpc) is 2.92. The van der Waals surface area contributed by atoms with E-state index in [0.29, 0.717) is 6.42 Å². The number of rotatable bonds is 1. The van der Waals surface area contributed by atoms with Crippen LogP contribution in [0, 0.1) is 22.7 Å². The van der Waals surface area contributed by atoms with Gasteiger partial charge in [0.2, 0.25) is 0 Å². The second kappa shape index (κ2) is 4.13. The molecule has 7 heteroatoms. The van der Waals surface area contributed by atoms with E-state index in [-0.39, 0.29) is 19.3 Å². The smallest absolute Gasteiger partial charge is 0.178 e. The third-order valence-electron chi connectivity index (χ3n) is 10.4. The third-order valence-corrected chi connectivity index (χ3v) is 10.4. The minimum atomic E-state index is -2.11. The molecule has 0 aromatic carbocycles. The van der Waals surface area contributed by atoms with Crippen LogP contribution in [0.2, 0.25) is 0 Å². The van der Waals surface area contributed by atoms with E-state index in [9.17, 15) is 30.6 Å². The van der Waals surface area contributed by atoms with Gasteiger partial charge in [0.05, 0.1) is 11.0 Å². The van der Waals surface area contributed by atoms with E-state index in [1.54, 1.807) is 34.6 Å². The van der Waals surface area contributed by atoms with E-state index in [1.165, 1.54) is 0 Å². The van der Waals surface area contributed by atoms with Gasteiger partial charge in [-0.25, -0.2) is 0 Å². The molecule has 5 rings (SSSR count). The van der Waals surface area contributed by atoms with Crippen molar-refractivity contribution >= 4 is 0 Å². The lowest BCUT2D eigenvalue weighted by Gasteiger charge is -2.69. The molecule has 6 N–H and O–H groups in total. The van der Waals surface area contributed by atoms with Crippen LogP contribution in [0.25, 0.3) is 0 Å². The predicted octanol–water partition coefficient (Wildman–Crippen LogP) is -0.351. The lowest BCUT2D eigenvalue weighted by atomic mass is 9.38. The minimum absolute atomic E-state index is 0.174. The van der Waals surface area contributed by atoms with Crippen LogP contribution in [0.1, 0.15) is 60.3 Å². The summed E-state index contributed by atoms with van der Waals surface area (Å²) >= 11 is 0. The molecule has 0 spiro atoms. The molecule has 5 fully saturated rings. The molecule has 4 saturated carbocycles. The van der Waals surface area contributed by atoms with Crippen molar-refractivity contribution in [1.29, 1.82) is 0 Å². The molecule has 0 aromatic heterocycles. The van der Waals surface area contributed by atoms with Crippen molar-refractivity contribution < 1.29 is 35.4 Å². The first-order chi connectivity index (χ1) is 12.1. The molecular weight excluding hydrogens is 352 g/mol. The summed E-state index contributed by atoms with van der Waals surface area (Å²) in [6, 6.07) is 0. The summed E-state index contributed by atoms with van der Waals surface area (Å²) in [6.45, 7) is 8.51. The van der Waals surface area contributed by atoms with Gasteiger partial charge in [-0.15, -0.1) is 0 Å². The van der Waals surface area contributed by atoms with Gasteiger partial charge < -0.3 is 35.4 Å². The maximum atomic E-state index is 12.1. The summed E-state index contributed by atoms with van der Waals surface area (Å²) in [4.78, 5) is 0. The molecule has 1 saturated heterocycles. The van der Waals surface area contributed by atoms with Crippen molar-refractivity contribution in [3.63, 3.8) is 0 Å². The summed E-state index contributed by atoms with van der Waals surface area (Å²) in [6.07, 6.45) is -1.04. The van der Waals surface area contributed by atoms with Crippen molar-refractivity contribution in [3.05, 3.63) is 0 Å². The van der Waals surface area contributed by atoms with Gasteiger partial charge in [0.15, 0.2) is 5.79 Å². The molecule has 154 valence electrons. The van der Waals surface area contributed by atoms with E-state index in [2.05, 4.69) is 0 Å². The number of fused-ring (bicyclic) bond motifs is 3. The topological polar surface area (TPSA) is 131 Å². The van der Waals surface area contributed by atoms with Crippen molar-refractivity contribution in [2.75, 3.05) is 0 Å². The molecule has 5 bridgehead atoms. The van der Waals surface area contributed by atoms with Crippen LogP contribution in [-0.4, -0.2) is 70.5 Å². The van der Waals surface area contributed by atoms with Crippen LogP contribution < -0.4 is 0 Å². The molecule has 1 heterocycles. The summed E-state index contributed by atoms with van der Waals surface area (Å²) in [5.74, 6) is -2.80. The van der Waals surface area contributed by atoms with Crippen molar-refractivity contribution in [3.8, 4) is 0 Å². The highest BCUT2D eigenvalue weighted by molar-refractivity contribution is 5.49. The molecule has 10 atom stereocenters. The van der Waals surface area contributed by atoms with Gasteiger partial charge in [-0.3, -0.25) is 0 Å². The van der Waals surface area contributed by atoms with Gasteiger partial charge in [-0.05, 0) is 31.6 Å². The van der Waals surface area contributed by atoms with E-state index in [4.69, 9.17) is 4.74 Å². The number of aliphatic hydroxyl groups is 6.